The van der Waals surface area contributed by atoms with Crippen molar-refractivity contribution in [3.8, 4) is 0 Å². The summed E-state index contributed by atoms with van der Waals surface area (Å²) in [7, 11) is 0. The van der Waals surface area contributed by atoms with E-state index in [0.717, 1.165) is 0 Å². The molecular formula is C13H18FNO2S. The quantitative estimate of drug-likeness (QED) is 0.521. The van der Waals surface area contributed by atoms with Gasteiger partial charge in [0.1, 0.15) is 16.7 Å². The lowest BCUT2D eigenvalue weighted by atomic mass is 10.2. The SMILES string of the molecule is CC(Sc1ccc(N)c(F)c1)C(=O)OC(C)(C)C. The molecule has 0 heterocycles. The number of benzene rings is 1. The van der Waals surface area contributed by atoms with Crippen LogP contribution in [0.2, 0.25) is 0 Å². The third kappa shape index (κ3) is 4.56. The van der Waals surface area contributed by atoms with Gasteiger partial charge in [-0.25, -0.2) is 4.39 Å². The molecule has 1 aromatic rings. The fourth-order valence-electron chi connectivity index (χ4n) is 1.22. The number of carbonyl (C=O) groups excluding carboxylic acids is 1. The summed E-state index contributed by atoms with van der Waals surface area (Å²) in [4.78, 5) is 12.4. The highest BCUT2D eigenvalue weighted by atomic mass is 32.2. The first kappa shape index (κ1) is 14.8. The van der Waals surface area contributed by atoms with Gasteiger partial charge in [-0.1, -0.05) is 0 Å². The minimum absolute atomic E-state index is 0.101. The van der Waals surface area contributed by atoms with Crippen LogP contribution >= 0.6 is 11.8 Å². The molecule has 1 atom stereocenters. The van der Waals surface area contributed by atoms with E-state index in [1.807, 2.05) is 20.8 Å². The molecule has 0 saturated heterocycles. The van der Waals surface area contributed by atoms with Crippen LogP contribution in [0, 0.1) is 5.82 Å². The van der Waals surface area contributed by atoms with E-state index < -0.39 is 16.7 Å². The number of hydrogen-bond acceptors (Lipinski definition) is 4. The van der Waals surface area contributed by atoms with E-state index in [4.69, 9.17) is 10.5 Å². The molecule has 2 N–H and O–H groups in total. The van der Waals surface area contributed by atoms with Crippen molar-refractivity contribution in [3.63, 3.8) is 0 Å². The highest BCUT2D eigenvalue weighted by Gasteiger charge is 2.22. The van der Waals surface area contributed by atoms with Crippen LogP contribution in [0.15, 0.2) is 23.1 Å². The number of anilines is 1. The van der Waals surface area contributed by atoms with Gasteiger partial charge in [0.05, 0.1) is 5.69 Å². The Balaban J connectivity index is 2.66. The third-order valence-electron chi connectivity index (χ3n) is 2.02. The van der Waals surface area contributed by atoms with Crippen molar-refractivity contribution in [2.45, 2.75) is 43.4 Å². The summed E-state index contributed by atoms with van der Waals surface area (Å²) in [6.45, 7) is 7.16. The molecule has 1 aromatic carbocycles. The number of carbonyl (C=O) groups is 1. The van der Waals surface area contributed by atoms with Gasteiger partial charge in [0.2, 0.25) is 0 Å². The van der Waals surface area contributed by atoms with Gasteiger partial charge in [0.25, 0.3) is 0 Å². The molecule has 100 valence electrons. The summed E-state index contributed by atoms with van der Waals surface area (Å²) < 4.78 is 18.5. The van der Waals surface area contributed by atoms with Gasteiger partial charge in [-0.05, 0) is 45.9 Å². The molecule has 1 rings (SSSR count). The van der Waals surface area contributed by atoms with Crippen molar-refractivity contribution in [1.29, 1.82) is 0 Å². The average Bonchev–Trinajstić information content (AvgIpc) is 2.21. The van der Waals surface area contributed by atoms with Crippen molar-refractivity contribution in [3.05, 3.63) is 24.0 Å². The molecule has 0 aliphatic rings. The van der Waals surface area contributed by atoms with Gasteiger partial charge < -0.3 is 10.5 Å². The van der Waals surface area contributed by atoms with Gasteiger partial charge in [0, 0.05) is 4.90 Å². The summed E-state index contributed by atoms with van der Waals surface area (Å²) >= 11 is 1.25. The van der Waals surface area contributed by atoms with E-state index in [1.165, 1.54) is 23.9 Å². The Hall–Kier alpha value is -1.23. The van der Waals surface area contributed by atoms with Gasteiger partial charge in [-0.2, -0.15) is 0 Å². The second-order valence-electron chi connectivity index (χ2n) is 4.98. The minimum Gasteiger partial charge on any atom is -0.459 e. The summed E-state index contributed by atoms with van der Waals surface area (Å²) in [5, 5.41) is -0.396. The topological polar surface area (TPSA) is 52.3 Å². The lowest BCUT2D eigenvalue weighted by Gasteiger charge is -2.22. The monoisotopic (exact) mass is 271 g/mol. The molecule has 0 aromatic heterocycles. The van der Waals surface area contributed by atoms with Gasteiger partial charge >= 0.3 is 5.97 Å². The van der Waals surface area contributed by atoms with E-state index >= 15 is 0 Å². The van der Waals surface area contributed by atoms with Crippen LogP contribution < -0.4 is 5.73 Å². The lowest BCUT2D eigenvalue weighted by Crippen LogP contribution is -2.28. The third-order valence-corrected chi connectivity index (χ3v) is 3.10. The summed E-state index contributed by atoms with van der Waals surface area (Å²) in [6.07, 6.45) is 0. The van der Waals surface area contributed by atoms with Gasteiger partial charge in [-0.3, -0.25) is 4.79 Å². The highest BCUT2D eigenvalue weighted by molar-refractivity contribution is 8.00. The molecule has 0 radical (unpaired) electrons. The Kier molecular flexibility index (Phi) is 4.62. The van der Waals surface area contributed by atoms with E-state index in [2.05, 4.69) is 0 Å². The average molecular weight is 271 g/mol. The van der Waals surface area contributed by atoms with Crippen LogP contribution in [0.5, 0.6) is 0 Å². The number of ether oxygens (including phenoxy) is 1. The number of rotatable bonds is 3. The predicted molar refractivity (Wildman–Crippen MR) is 72.0 cm³/mol. The maximum absolute atomic E-state index is 13.2. The van der Waals surface area contributed by atoms with Gasteiger partial charge in [-0.15, -0.1) is 11.8 Å². The zero-order chi connectivity index (χ0) is 13.9. The van der Waals surface area contributed by atoms with Crippen molar-refractivity contribution in [2.75, 3.05) is 5.73 Å². The first-order valence-electron chi connectivity index (χ1n) is 5.63. The first-order chi connectivity index (χ1) is 8.19. The molecule has 0 amide bonds. The summed E-state index contributed by atoms with van der Waals surface area (Å²) in [5.74, 6) is -0.791. The molecule has 0 spiro atoms. The molecule has 0 fully saturated rings. The maximum Gasteiger partial charge on any atom is 0.319 e. The molecule has 18 heavy (non-hydrogen) atoms. The Bertz CT molecular complexity index is 443. The molecule has 5 heteroatoms. The second kappa shape index (κ2) is 5.61. The van der Waals surface area contributed by atoms with Crippen molar-refractivity contribution in [2.24, 2.45) is 0 Å². The van der Waals surface area contributed by atoms with Crippen molar-refractivity contribution in [1.82, 2.24) is 0 Å². The number of thioether (sulfide) groups is 1. The Morgan fingerprint density at radius 1 is 1.44 bits per heavy atom. The summed E-state index contributed by atoms with van der Waals surface area (Å²) in [6, 6.07) is 4.49. The van der Waals surface area contributed by atoms with Crippen LogP contribution in [-0.4, -0.2) is 16.8 Å². The zero-order valence-electron chi connectivity index (χ0n) is 11.0. The molecule has 1 unspecified atom stereocenters. The molecule has 0 bridgehead atoms. The van der Waals surface area contributed by atoms with E-state index in [1.54, 1.807) is 13.0 Å². The lowest BCUT2D eigenvalue weighted by molar-refractivity contribution is -0.153. The minimum atomic E-state index is -0.516. The van der Waals surface area contributed by atoms with E-state index in [9.17, 15) is 9.18 Å². The fraction of sp³-hybridized carbons (Fsp3) is 0.462. The van der Waals surface area contributed by atoms with E-state index in [0.29, 0.717) is 4.90 Å². The molecule has 3 nitrogen and oxygen atoms in total. The first-order valence-corrected chi connectivity index (χ1v) is 6.51. The van der Waals surface area contributed by atoms with Crippen LogP contribution in [0.1, 0.15) is 27.7 Å². The van der Waals surface area contributed by atoms with Crippen LogP contribution in [-0.2, 0) is 9.53 Å². The van der Waals surface area contributed by atoms with Crippen LogP contribution in [0.25, 0.3) is 0 Å². The largest absolute Gasteiger partial charge is 0.459 e. The van der Waals surface area contributed by atoms with Gasteiger partial charge in [0.15, 0.2) is 0 Å². The number of esters is 1. The van der Waals surface area contributed by atoms with Crippen molar-refractivity contribution < 1.29 is 13.9 Å². The van der Waals surface area contributed by atoms with E-state index in [-0.39, 0.29) is 11.7 Å². The second-order valence-corrected chi connectivity index (χ2v) is 6.39. The number of nitrogens with two attached hydrogens (primary N) is 1. The normalized spacial score (nSPS) is 13.2. The summed E-state index contributed by atoms with van der Waals surface area (Å²) in [5.41, 5.74) is 4.97. The Morgan fingerprint density at radius 2 is 2.06 bits per heavy atom. The molecule has 0 aliphatic heterocycles. The predicted octanol–water partition coefficient (Wildman–Crippen LogP) is 3.23. The van der Waals surface area contributed by atoms with Crippen LogP contribution in [0.4, 0.5) is 10.1 Å². The smallest absolute Gasteiger partial charge is 0.319 e. The fourth-order valence-corrected chi connectivity index (χ4v) is 2.09. The van der Waals surface area contributed by atoms with Crippen molar-refractivity contribution >= 4 is 23.4 Å². The van der Waals surface area contributed by atoms with Crippen LogP contribution in [0.3, 0.4) is 0 Å². The standard InChI is InChI=1S/C13H18FNO2S/c1-8(12(16)17-13(2,3)4)18-9-5-6-11(15)10(14)7-9/h5-8H,15H2,1-4H3. The number of nitrogen functional groups attached to an aromatic ring is 1. The zero-order valence-corrected chi connectivity index (χ0v) is 11.8. The Morgan fingerprint density at radius 3 is 2.56 bits per heavy atom. The highest BCUT2D eigenvalue weighted by Crippen LogP contribution is 2.27. The molecular weight excluding hydrogens is 253 g/mol. The Labute approximate surface area is 111 Å². The molecule has 0 saturated carbocycles. The maximum atomic E-state index is 13.2. The number of halogens is 1. The number of hydrogen-bond donors (Lipinski definition) is 1. The molecule has 0 aliphatic carbocycles.